The second-order valence-electron chi connectivity index (χ2n) is 4.92. The number of carbonyl (C=O) groups is 2. The molecule has 0 spiro atoms. The Balaban J connectivity index is 2.34. The second-order valence-corrected chi connectivity index (χ2v) is 4.92. The minimum atomic E-state index is -1.17. The largest absolute Gasteiger partial charge is 0.507 e. The summed E-state index contributed by atoms with van der Waals surface area (Å²) in [4.78, 5) is 26.6. The summed E-state index contributed by atoms with van der Waals surface area (Å²) in [5.74, 6) is -2.09. The van der Waals surface area contributed by atoms with Crippen molar-refractivity contribution in [1.29, 1.82) is 0 Å². The van der Waals surface area contributed by atoms with Crippen molar-refractivity contribution >= 4 is 17.5 Å². The van der Waals surface area contributed by atoms with E-state index in [0.717, 1.165) is 25.0 Å². The van der Waals surface area contributed by atoms with Crippen molar-refractivity contribution in [3.8, 4) is 5.75 Å². The van der Waals surface area contributed by atoms with Crippen LogP contribution in [0, 0.1) is 0 Å². The molecule has 22 heavy (non-hydrogen) atoms. The Bertz CT molecular complexity index is 695. The number of aryl methyl sites for hydroxylation is 1. The van der Waals surface area contributed by atoms with Crippen LogP contribution >= 0.6 is 0 Å². The molecule has 3 N–H and O–H groups in total. The summed E-state index contributed by atoms with van der Waals surface area (Å²) in [6, 6.07) is 1.48. The molecule has 2 aromatic rings. The number of unbranched alkanes of at least 4 members (excludes halogenated alkanes) is 2. The fraction of sp³-hybridized carbons (Fsp3) is 0.429. The minimum Gasteiger partial charge on any atom is -0.507 e. The third kappa shape index (κ3) is 3.33. The standard InChI is InChI=1S/C14H18N4O4/c1-2-3-4-5-9-6-10(19)12(13-16-8-17-18(9)13)14(22)15-7-11(20)21/h6,8,19H,2-5,7H2,1H3,(H,15,22)(H,20,21). The summed E-state index contributed by atoms with van der Waals surface area (Å²) < 4.78 is 1.51. The molecule has 2 rings (SSSR count). The van der Waals surface area contributed by atoms with Gasteiger partial charge in [0.25, 0.3) is 5.91 Å². The molecule has 0 saturated heterocycles. The Kier molecular flexibility index (Phi) is 4.92. The van der Waals surface area contributed by atoms with Crippen molar-refractivity contribution in [2.45, 2.75) is 32.6 Å². The van der Waals surface area contributed by atoms with E-state index >= 15 is 0 Å². The van der Waals surface area contributed by atoms with Crippen LogP contribution in [-0.4, -0.2) is 43.2 Å². The highest BCUT2D eigenvalue weighted by Gasteiger charge is 2.20. The highest BCUT2D eigenvalue weighted by Crippen LogP contribution is 2.24. The maximum atomic E-state index is 12.0. The van der Waals surface area contributed by atoms with Crippen LogP contribution in [-0.2, 0) is 11.2 Å². The topological polar surface area (TPSA) is 117 Å². The minimum absolute atomic E-state index is 0.0713. The highest BCUT2D eigenvalue weighted by molar-refractivity contribution is 6.03. The SMILES string of the molecule is CCCCCc1cc(O)c(C(=O)NCC(=O)O)c2ncnn12. The molecule has 0 atom stereocenters. The maximum absolute atomic E-state index is 12.0. The number of aliphatic carboxylic acids is 1. The Morgan fingerprint density at radius 1 is 1.36 bits per heavy atom. The molecule has 0 radical (unpaired) electrons. The van der Waals surface area contributed by atoms with Gasteiger partial charge >= 0.3 is 5.97 Å². The number of hydrogen-bond donors (Lipinski definition) is 3. The lowest BCUT2D eigenvalue weighted by Gasteiger charge is -2.10. The van der Waals surface area contributed by atoms with E-state index in [1.807, 2.05) is 0 Å². The second kappa shape index (κ2) is 6.88. The van der Waals surface area contributed by atoms with Crippen LogP contribution in [0.3, 0.4) is 0 Å². The Morgan fingerprint density at radius 3 is 2.82 bits per heavy atom. The summed E-state index contributed by atoms with van der Waals surface area (Å²) in [5, 5.41) is 25.0. The smallest absolute Gasteiger partial charge is 0.322 e. The Morgan fingerprint density at radius 2 is 2.14 bits per heavy atom. The van der Waals surface area contributed by atoms with Gasteiger partial charge in [0.2, 0.25) is 0 Å². The zero-order chi connectivity index (χ0) is 16.1. The van der Waals surface area contributed by atoms with Gasteiger partial charge in [0.05, 0.1) is 0 Å². The molecule has 0 aromatic carbocycles. The van der Waals surface area contributed by atoms with E-state index in [-0.39, 0.29) is 17.0 Å². The van der Waals surface area contributed by atoms with Crippen LogP contribution in [0.1, 0.15) is 42.2 Å². The van der Waals surface area contributed by atoms with Crippen LogP contribution < -0.4 is 5.32 Å². The van der Waals surface area contributed by atoms with E-state index in [2.05, 4.69) is 22.3 Å². The molecule has 0 saturated carbocycles. The average Bonchev–Trinajstić information content (AvgIpc) is 2.94. The number of nitrogens with one attached hydrogen (secondary N) is 1. The average molecular weight is 306 g/mol. The van der Waals surface area contributed by atoms with Crippen molar-refractivity contribution in [3.05, 3.63) is 23.7 Å². The molecule has 8 nitrogen and oxygen atoms in total. The predicted octanol–water partition coefficient (Wildman–Crippen LogP) is 0.982. The van der Waals surface area contributed by atoms with Gasteiger partial charge in [-0.25, -0.2) is 9.50 Å². The molecule has 0 aliphatic carbocycles. The molecule has 0 bridgehead atoms. The van der Waals surface area contributed by atoms with Crippen molar-refractivity contribution in [3.63, 3.8) is 0 Å². The first-order valence-electron chi connectivity index (χ1n) is 7.09. The highest BCUT2D eigenvalue weighted by atomic mass is 16.4. The van der Waals surface area contributed by atoms with E-state index in [1.165, 1.54) is 16.9 Å². The van der Waals surface area contributed by atoms with Gasteiger partial charge < -0.3 is 15.5 Å². The van der Waals surface area contributed by atoms with Gasteiger partial charge in [-0.2, -0.15) is 5.10 Å². The van der Waals surface area contributed by atoms with Crippen molar-refractivity contribution in [2.24, 2.45) is 0 Å². The molecule has 0 aliphatic heterocycles. The number of amides is 1. The quantitative estimate of drug-likeness (QED) is 0.657. The molecule has 0 fully saturated rings. The van der Waals surface area contributed by atoms with Crippen molar-refractivity contribution < 1.29 is 19.8 Å². The van der Waals surface area contributed by atoms with Gasteiger partial charge in [0.1, 0.15) is 24.2 Å². The summed E-state index contributed by atoms with van der Waals surface area (Å²) >= 11 is 0. The van der Waals surface area contributed by atoms with Crippen LogP contribution in [0.2, 0.25) is 0 Å². The number of nitrogens with zero attached hydrogens (tertiary/aromatic N) is 3. The molecular weight excluding hydrogens is 288 g/mol. The molecule has 2 aromatic heterocycles. The number of pyridine rings is 1. The van der Waals surface area contributed by atoms with Crippen LogP contribution in [0.15, 0.2) is 12.4 Å². The van der Waals surface area contributed by atoms with E-state index in [0.29, 0.717) is 6.42 Å². The number of carbonyl (C=O) groups excluding carboxylic acids is 1. The third-order valence-electron chi connectivity index (χ3n) is 3.27. The molecule has 0 unspecified atom stereocenters. The van der Waals surface area contributed by atoms with E-state index in [9.17, 15) is 14.7 Å². The van der Waals surface area contributed by atoms with Crippen LogP contribution in [0.25, 0.3) is 5.65 Å². The number of fused-ring (bicyclic) bond motifs is 1. The zero-order valence-electron chi connectivity index (χ0n) is 12.2. The van der Waals surface area contributed by atoms with Crippen LogP contribution in [0.5, 0.6) is 5.75 Å². The van der Waals surface area contributed by atoms with Gasteiger partial charge in [-0.15, -0.1) is 0 Å². The zero-order valence-corrected chi connectivity index (χ0v) is 12.2. The van der Waals surface area contributed by atoms with Crippen molar-refractivity contribution in [1.82, 2.24) is 19.9 Å². The molecular formula is C14H18N4O4. The predicted molar refractivity (Wildman–Crippen MR) is 77.8 cm³/mol. The molecule has 8 heteroatoms. The first kappa shape index (κ1) is 15.7. The third-order valence-corrected chi connectivity index (χ3v) is 3.27. The van der Waals surface area contributed by atoms with Gasteiger partial charge in [-0.3, -0.25) is 9.59 Å². The monoisotopic (exact) mass is 306 g/mol. The van der Waals surface area contributed by atoms with Crippen LogP contribution in [0.4, 0.5) is 0 Å². The summed E-state index contributed by atoms with van der Waals surface area (Å²) in [6.45, 7) is 1.56. The van der Waals surface area contributed by atoms with Gasteiger partial charge in [0, 0.05) is 11.8 Å². The first-order valence-corrected chi connectivity index (χ1v) is 7.09. The molecule has 118 valence electrons. The van der Waals surface area contributed by atoms with Gasteiger partial charge in [-0.1, -0.05) is 19.8 Å². The lowest BCUT2D eigenvalue weighted by Crippen LogP contribution is -2.29. The Hall–Kier alpha value is -2.64. The Labute approximate surface area is 126 Å². The maximum Gasteiger partial charge on any atom is 0.322 e. The number of rotatable bonds is 7. The number of carboxylic acid groups (broad SMARTS) is 1. The summed E-state index contributed by atoms with van der Waals surface area (Å²) in [5.41, 5.74) is 0.903. The lowest BCUT2D eigenvalue weighted by molar-refractivity contribution is -0.135. The number of carboxylic acids is 1. The first-order chi connectivity index (χ1) is 10.5. The van der Waals surface area contributed by atoms with E-state index in [4.69, 9.17) is 5.11 Å². The number of aromatic nitrogens is 3. The van der Waals surface area contributed by atoms with Gasteiger partial charge in [-0.05, 0) is 12.8 Å². The van der Waals surface area contributed by atoms with Gasteiger partial charge in [0.15, 0.2) is 5.65 Å². The molecule has 1 amide bonds. The van der Waals surface area contributed by atoms with E-state index < -0.39 is 18.4 Å². The van der Waals surface area contributed by atoms with E-state index in [1.54, 1.807) is 0 Å². The summed E-state index contributed by atoms with van der Waals surface area (Å²) in [7, 11) is 0. The fourth-order valence-electron chi connectivity index (χ4n) is 2.22. The lowest BCUT2D eigenvalue weighted by atomic mass is 10.1. The normalized spacial score (nSPS) is 10.8. The number of aromatic hydroxyl groups is 1. The van der Waals surface area contributed by atoms with Crippen molar-refractivity contribution in [2.75, 3.05) is 6.54 Å². The molecule has 0 aliphatic rings. The molecule has 2 heterocycles. The number of hydrogen-bond acceptors (Lipinski definition) is 5. The fourth-order valence-corrected chi connectivity index (χ4v) is 2.22. The summed E-state index contributed by atoms with van der Waals surface area (Å²) in [6.07, 6.45) is 5.07.